The number of aromatic nitrogens is 2. The summed E-state index contributed by atoms with van der Waals surface area (Å²) in [6.45, 7) is -1.62. The minimum absolute atomic E-state index is 0.0340. The van der Waals surface area contributed by atoms with Crippen molar-refractivity contribution in [2.45, 2.75) is 25.1 Å². The molecule has 1 N–H and O–H groups in total. The van der Waals surface area contributed by atoms with Gasteiger partial charge in [-0.05, 0) is 36.8 Å². The summed E-state index contributed by atoms with van der Waals surface area (Å²) in [7, 11) is 0. The molecule has 2 aromatic heterocycles. The number of amidine groups is 1. The first kappa shape index (κ1) is 21.6. The number of nitrogens with one attached hydrogen (secondary N) is 1. The van der Waals surface area contributed by atoms with Crippen molar-refractivity contribution in [3.05, 3.63) is 99.2 Å². The normalized spacial score (nSPS) is 20.4. The zero-order valence-corrected chi connectivity index (χ0v) is 16.3. The number of pyridine rings is 2. The maximum Gasteiger partial charge on any atom is 0.321 e. The molecule has 0 bridgehead atoms. The van der Waals surface area contributed by atoms with E-state index in [-0.39, 0.29) is 27.1 Å². The van der Waals surface area contributed by atoms with Gasteiger partial charge in [0, 0.05) is 29.6 Å². The molecule has 0 unspecified atom stereocenters. The summed E-state index contributed by atoms with van der Waals surface area (Å²) in [5, 5.41) is 2.87. The van der Waals surface area contributed by atoms with Crippen LogP contribution in [0.5, 0.6) is 0 Å². The molecule has 166 valence electrons. The fraction of sp³-hybridized carbons (Fsp3) is 0.190. The number of benzene rings is 1. The van der Waals surface area contributed by atoms with E-state index in [1.54, 1.807) is 0 Å². The summed E-state index contributed by atoms with van der Waals surface area (Å²) in [4.78, 5) is 19.5. The lowest BCUT2D eigenvalue weighted by Gasteiger charge is -2.35. The van der Waals surface area contributed by atoms with Gasteiger partial charge in [-0.3, -0.25) is 14.4 Å². The Kier molecular flexibility index (Phi) is 5.27. The van der Waals surface area contributed by atoms with Crippen molar-refractivity contribution >= 4 is 5.84 Å². The zero-order valence-electron chi connectivity index (χ0n) is 16.3. The van der Waals surface area contributed by atoms with E-state index in [2.05, 4.69) is 15.3 Å². The lowest BCUT2D eigenvalue weighted by molar-refractivity contribution is 0.0663. The first-order chi connectivity index (χ1) is 15.1. The van der Waals surface area contributed by atoms with E-state index >= 15 is 0 Å². The van der Waals surface area contributed by atoms with E-state index in [0.717, 1.165) is 36.7 Å². The molecule has 0 saturated carbocycles. The van der Waals surface area contributed by atoms with Crippen LogP contribution in [0, 0.1) is 23.4 Å². The van der Waals surface area contributed by atoms with Crippen molar-refractivity contribution in [3.8, 4) is 0 Å². The highest BCUT2D eigenvalue weighted by molar-refractivity contribution is 6.01. The van der Waals surface area contributed by atoms with Crippen LogP contribution in [0.1, 0.15) is 30.2 Å². The molecule has 32 heavy (non-hydrogen) atoms. The van der Waals surface area contributed by atoms with Crippen molar-refractivity contribution in [1.29, 1.82) is 0 Å². The molecule has 3 aromatic rings. The van der Waals surface area contributed by atoms with Gasteiger partial charge in [0.2, 0.25) is 5.95 Å². The quantitative estimate of drug-likeness (QED) is 0.372. The van der Waals surface area contributed by atoms with Crippen molar-refractivity contribution in [3.63, 3.8) is 0 Å². The molecule has 1 aliphatic rings. The van der Waals surface area contributed by atoms with Gasteiger partial charge in [-0.1, -0.05) is 6.07 Å². The number of nitrogens with zero attached hydrogens (tertiary/aromatic N) is 3. The largest absolute Gasteiger partial charge is 0.354 e. The number of halogens is 6. The molecule has 0 spiro atoms. The van der Waals surface area contributed by atoms with Crippen LogP contribution in [0.2, 0.25) is 0 Å². The van der Waals surface area contributed by atoms with Crippen LogP contribution in [0.25, 0.3) is 0 Å². The highest BCUT2D eigenvalue weighted by atomic mass is 19.3. The van der Waals surface area contributed by atoms with Crippen molar-refractivity contribution in [1.82, 2.24) is 14.9 Å². The SMILES string of the molecule is C[C@@H]1N=C(c2ccc(=O)n(C(F)F)c2)N[C@@]1(c1ccnc(F)c1)c1ccc(F)c(F)c1F. The maximum absolute atomic E-state index is 14.9. The molecular formula is C21H14F6N4O. The Hall–Kier alpha value is -3.63. The topological polar surface area (TPSA) is 59.3 Å². The van der Waals surface area contributed by atoms with Crippen LogP contribution in [-0.4, -0.2) is 21.4 Å². The first-order valence-electron chi connectivity index (χ1n) is 9.28. The summed E-state index contributed by atoms with van der Waals surface area (Å²) in [6, 6.07) is 5.22. The molecule has 4 rings (SSSR count). The molecular weight excluding hydrogens is 438 g/mol. The van der Waals surface area contributed by atoms with E-state index in [1.807, 2.05) is 0 Å². The molecule has 1 aromatic carbocycles. The van der Waals surface area contributed by atoms with Gasteiger partial charge < -0.3 is 5.32 Å². The molecule has 0 aliphatic carbocycles. The summed E-state index contributed by atoms with van der Waals surface area (Å²) in [5.74, 6) is -5.62. The van der Waals surface area contributed by atoms with Gasteiger partial charge in [0.25, 0.3) is 5.56 Å². The molecule has 0 saturated heterocycles. The van der Waals surface area contributed by atoms with Crippen LogP contribution in [0.15, 0.2) is 58.6 Å². The minimum atomic E-state index is -3.12. The highest BCUT2D eigenvalue weighted by Crippen LogP contribution is 2.40. The van der Waals surface area contributed by atoms with E-state index < -0.39 is 47.1 Å². The molecule has 1 aliphatic heterocycles. The summed E-state index contributed by atoms with van der Waals surface area (Å²) < 4.78 is 83.1. The second kappa shape index (κ2) is 7.81. The lowest BCUT2D eigenvalue weighted by Crippen LogP contribution is -2.49. The second-order valence-corrected chi connectivity index (χ2v) is 7.12. The first-order valence-corrected chi connectivity index (χ1v) is 9.28. The average molecular weight is 452 g/mol. The van der Waals surface area contributed by atoms with Crippen molar-refractivity contribution in [2.24, 2.45) is 4.99 Å². The van der Waals surface area contributed by atoms with E-state index in [4.69, 9.17) is 0 Å². The zero-order chi connectivity index (χ0) is 23.2. The predicted octanol–water partition coefficient (Wildman–Crippen LogP) is 3.88. The van der Waals surface area contributed by atoms with E-state index in [9.17, 15) is 31.1 Å². The molecule has 11 heteroatoms. The van der Waals surface area contributed by atoms with Gasteiger partial charge in [0.05, 0.1) is 6.04 Å². The van der Waals surface area contributed by atoms with Crippen LogP contribution in [-0.2, 0) is 5.54 Å². The monoisotopic (exact) mass is 452 g/mol. The van der Waals surface area contributed by atoms with Crippen LogP contribution in [0.3, 0.4) is 0 Å². The van der Waals surface area contributed by atoms with E-state index in [0.29, 0.717) is 0 Å². The molecule has 0 amide bonds. The Balaban J connectivity index is 1.91. The lowest BCUT2D eigenvalue weighted by atomic mass is 9.78. The fourth-order valence-electron chi connectivity index (χ4n) is 3.80. The van der Waals surface area contributed by atoms with Gasteiger partial charge in [0.1, 0.15) is 11.4 Å². The summed E-state index contributed by atoms with van der Waals surface area (Å²) in [6.07, 6.45) is 1.96. The van der Waals surface area contributed by atoms with Crippen LogP contribution >= 0.6 is 0 Å². The standard InChI is InChI=1S/C21H14F6N4O/c1-10-21(12-6-7-28-15(23)8-12,13-3-4-14(22)18(25)17(13)24)30-19(29-10)11-2-5-16(32)31(9-11)20(26)27/h2-10,20H,1H3,(H,29,30)/t10-,21-/m0/s1. The van der Waals surface area contributed by atoms with Gasteiger partial charge >= 0.3 is 6.55 Å². The van der Waals surface area contributed by atoms with Gasteiger partial charge in [-0.2, -0.15) is 13.2 Å². The Bertz CT molecular complexity index is 1290. The Morgan fingerprint density at radius 3 is 2.50 bits per heavy atom. The number of hydrogen-bond acceptors (Lipinski definition) is 4. The fourth-order valence-corrected chi connectivity index (χ4v) is 3.80. The molecule has 0 radical (unpaired) electrons. The highest BCUT2D eigenvalue weighted by Gasteiger charge is 2.48. The Labute approximate surface area is 177 Å². The Morgan fingerprint density at radius 1 is 1.06 bits per heavy atom. The number of aliphatic imine (C=N–C) groups is 1. The van der Waals surface area contributed by atoms with Gasteiger partial charge in [0.15, 0.2) is 17.5 Å². The number of hydrogen-bond donors (Lipinski definition) is 1. The van der Waals surface area contributed by atoms with Crippen LogP contribution in [0.4, 0.5) is 26.3 Å². The molecule has 3 heterocycles. The third-order valence-corrected chi connectivity index (χ3v) is 5.33. The Morgan fingerprint density at radius 2 is 1.81 bits per heavy atom. The van der Waals surface area contributed by atoms with Gasteiger partial charge in [-0.25, -0.2) is 18.2 Å². The van der Waals surface area contributed by atoms with Crippen molar-refractivity contribution in [2.75, 3.05) is 0 Å². The smallest absolute Gasteiger partial charge is 0.321 e. The van der Waals surface area contributed by atoms with Gasteiger partial charge in [-0.15, -0.1) is 0 Å². The number of alkyl halides is 2. The third kappa shape index (κ3) is 3.33. The molecule has 5 nitrogen and oxygen atoms in total. The maximum atomic E-state index is 14.9. The van der Waals surface area contributed by atoms with Crippen molar-refractivity contribution < 1.29 is 26.3 Å². The molecule has 0 fully saturated rings. The van der Waals surface area contributed by atoms with Crippen LogP contribution < -0.4 is 10.9 Å². The average Bonchev–Trinajstić information content (AvgIpc) is 3.10. The predicted molar refractivity (Wildman–Crippen MR) is 102 cm³/mol. The second-order valence-electron chi connectivity index (χ2n) is 7.12. The third-order valence-electron chi connectivity index (χ3n) is 5.33. The number of rotatable bonds is 4. The summed E-state index contributed by atoms with van der Waals surface area (Å²) in [5.41, 5.74) is -2.93. The molecule has 2 atom stereocenters. The van der Waals surface area contributed by atoms with E-state index in [1.165, 1.54) is 19.1 Å². The summed E-state index contributed by atoms with van der Waals surface area (Å²) >= 11 is 0. The minimum Gasteiger partial charge on any atom is -0.354 e.